The van der Waals surface area contributed by atoms with Crippen LogP contribution in [-0.4, -0.2) is 35.9 Å². The van der Waals surface area contributed by atoms with Crippen LogP contribution in [0.25, 0.3) is 0 Å². The van der Waals surface area contributed by atoms with Crippen LogP contribution < -0.4 is 5.32 Å². The first-order valence-electron chi connectivity index (χ1n) is 5.19. The largest absolute Gasteiger partial charge is 0.393 e. The predicted octanol–water partition coefficient (Wildman–Crippen LogP) is 0.441. The van der Waals surface area contributed by atoms with Crippen molar-refractivity contribution in [3.8, 4) is 0 Å². The predicted molar refractivity (Wildman–Crippen MR) is 52.9 cm³/mol. The Labute approximate surface area is 84.6 Å². The van der Waals surface area contributed by atoms with E-state index < -0.39 is 0 Å². The van der Waals surface area contributed by atoms with E-state index in [9.17, 15) is 4.79 Å². The lowest BCUT2D eigenvalue weighted by atomic mass is 10.1. The molecule has 0 saturated carbocycles. The molecule has 1 rings (SSSR count). The van der Waals surface area contributed by atoms with Crippen LogP contribution in [0.3, 0.4) is 0 Å². The fraction of sp³-hybridized carbons (Fsp3) is 0.900. The van der Waals surface area contributed by atoms with Gasteiger partial charge in [0.2, 0.25) is 5.91 Å². The van der Waals surface area contributed by atoms with E-state index in [4.69, 9.17) is 9.84 Å². The third-order valence-corrected chi connectivity index (χ3v) is 2.31. The first kappa shape index (κ1) is 11.5. The van der Waals surface area contributed by atoms with Gasteiger partial charge in [-0.05, 0) is 33.1 Å². The number of hydrogen-bond donors (Lipinski definition) is 2. The zero-order valence-corrected chi connectivity index (χ0v) is 8.82. The Morgan fingerprint density at radius 3 is 2.86 bits per heavy atom. The molecule has 1 fully saturated rings. The van der Waals surface area contributed by atoms with E-state index in [1.54, 1.807) is 6.92 Å². The summed E-state index contributed by atoms with van der Waals surface area (Å²) in [6, 6.07) is 0.00620. The van der Waals surface area contributed by atoms with Crippen molar-refractivity contribution < 1.29 is 14.6 Å². The maximum Gasteiger partial charge on any atom is 0.249 e. The van der Waals surface area contributed by atoms with Crippen molar-refractivity contribution in [1.82, 2.24) is 5.32 Å². The summed E-state index contributed by atoms with van der Waals surface area (Å²) in [5.74, 6) is -0.0457. The third kappa shape index (κ3) is 3.64. The zero-order valence-electron chi connectivity index (χ0n) is 8.82. The van der Waals surface area contributed by atoms with E-state index >= 15 is 0 Å². The Kier molecular flexibility index (Phi) is 4.35. The highest BCUT2D eigenvalue weighted by molar-refractivity contribution is 5.81. The molecule has 0 aromatic rings. The summed E-state index contributed by atoms with van der Waals surface area (Å²) < 4.78 is 5.25. The lowest BCUT2D eigenvalue weighted by molar-refractivity contribution is -0.130. The summed E-state index contributed by atoms with van der Waals surface area (Å²) in [4.78, 5) is 11.5. The summed E-state index contributed by atoms with van der Waals surface area (Å²) in [7, 11) is 0. The molecule has 14 heavy (non-hydrogen) atoms. The average molecular weight is 201 g/mol. The van der Waals surface area contributed by atoms with Crippen molar-refractivity contribution >= 4 is 5.91 Å². The van der Waals surface area contributed by atoms with Crippen LogP contribution in [0.1, 0.15) is 33.1 Å². The molecule has 82 valence electrons. The second-order valence-corrected chi connectivity index (χ2v) is 4.00. The molecule has 2 N–H and O–H groups in total. The molecule has 3 atom stereocenters. The van der Waals surface area contributed by atoms with Crippen LogP contribution in [0.4, 0.5) is 0 Å². The maximum atomic E-state index is 11.5. The molecule has 0 radical (unpaired) electrons. The van der Waals surface area contributed by atoms with Gasteiger partial charge in [-0.25, -0.2) is 0 Å². The van der Waals surface area contributed by atoms with Crippen molar-refractivity contribution in [2.24, 2.45) is 0 Å². The van der Waals surface area contributed by atoms with Gasteiger partial charge in [-0.2, -0.15) is 0 Å². The summed E-state index contributed by atoms with van der Waals surface area (Å²) in [6.07, 6.45) is 1.70. The van der Waals surface area contributed by atoms with Crippen LogP contribution in [-0.2, 0) is 9.53 Å². The normalized spacial score (nSPS) is 25.8. The number of amides is 1. The molecule has 1 aliphatic heterocycles. The van der Waals surface area contributed by atoms with Gasteiger partial charge in [-0.3, -0.25) is 4.79 Å². The van der Waals surface area contributed by atoms with Gasteiger partial charge >= 0.3 is 0 Å². The highest BCUT2D eigenvalue weighted by Crippen LogP contribution is 2.12. The minimum Gasteiger partial charge on any atom is -0.393 e. The first-order valence-corrected chi connectivity index (χ1v) is 5.19. The van der Waals surface area contributed by atoms with Gasteiger partial charge in [0.05, 0.1) is 6.10 Å². The molecule has 0 aliphatic carbocycles. The van der Waals surface area contributed by atoms with Crippen LogP contribution in [0.15, 0.2) is 0 Å². The summed E-state index contributed by atoms with van der Waals surface area (Å²) in [6.45, 7) is 4.29. The van der Waals surface area contributed by atoms with E-state index in [1.807, 2.05) is 6.92 Å². The quantitative estimate of drug-likeness (QED) is 0.694. The highest BCUT2D eigenvalue weighted by Gasteiger charge is 2.24. The van der Waals surface area contributed by atoms with Crippen LogP contribution >= 0.6 is 0 Å². The number of hydrogen-bond acceptors (Lipinski definition) is 3. The Morgan fingerprint density at radius 1 is 1.64 bits per heavy atom. The number of rotatable bonds is 4. The van der Waals surface area contributed by atoms with E-state index in [0.29, 0.717) is 13.0 Å². The van der Waals surface area contributed by atoms with Crippen molar-refractivity contribution in [1.29, 1.82) is 0 Å². The average Bonchev–Trinajstić information content (AvgIpc) is 2.53. The summed E-state index contributed by atoms with van der Waals surface area (Å²) in [5.41, 5.74) is 0. The van der Waals surface area contributed by atoms with Crippen molar-refractivity contribution in [2.45, 2.75) is 51.4 Å². The number of nitrogens with one attached hydrogen (secondary N) is 1. The highest BCUT2D eigenvalue weighted by atomic mass is 16.5. The van der Waals surface area contributed by atoms with Gasteiger partial charge in [0.25, 0.3) is 0 Å². The second-order valence-electron chi connectivity index (χ2n) is 4.00. The summed E-state index contributed by atoms with van der Waals surface area (Å²) >= 11 is 0. The van der Waals surface area contributed by atoms with Gasteiger partial charge in [-0.15, -0.1) is 0 Å². The molecule has 0 aromatic carbocycles. The minimum absolute atomic E-state index is 0.00620. The van der Waals surface area contributed by atoms with Crippen molar-refractivity contribution in [3.63, 3.8) is 0 Å². The maximum absolute atomic E-state index is 11.5. The van der Waals surface area contributed by atoms with Crippen LogP contribution in [0.2, 0.25) is 0 Å². The number of carbonyl (C=O) groups is 1. The van der Waals surface area contributed by atoms with E-state index in [-0.39, 0.29) is 24.2 Å². The smallest absolute Gasteiger partial charge is 0.249 e. The van der Waals surface area contributed by atoms with Crippen LogP contribution in [0.5, 0.6) is 0 Å². The Balaban J connectivity index is 2.25. The molecule has 4 nitrogen and oxygen atoms in total. The van der Waals surface area contributed by atoms with Crippen molar-refractivity contribution in [2.75, 3.05) is 6.61 Å². The minimum atomic E-state index is -0.380. The molecule has 1 amide bonds. The van der Waals surface area contributed by atoms with Gasteiger partial charge in [0.1, 0.15) is 6.10 Å². The Hall–Kier alpha value is -0.610. The number of aliphatic hydroxyl groups excluding tert-OH is 1. The molecule has 2 unspecified atom stereocenters. The standard InChI is InChI=1S/C10H19NO3/c1-7(6-8(2)12)11-10(13)9-4-3-5-14-9/h7-9,12H,3-6H2,1-2H3,(H,11,13)/t7?,8?,9-/m1/s1. The van der Waals surface area contributed by atoms with Crippen LogP contribution in [0, 0.1) is 0 Å². The van der Waals surface area contributed by atoms with Crippen molar-refractivity contribution in [3.05, 3.63) is 0 Å². The molecule has 1 aliphatic rings. The molecule has 0 aromatic heterocycles. The van der Waals surface area contributed by atoms with Gasteiger partial charge < -0.3 is 15.2 Å². The number of aliphatic hydroxyl groups is 1. The monoisotopic (exact) mass is 201 g/mol. The van der Waals surface area contributed by atoms with Gasteiger partial charge in [-0.1, -0.05) is 0 Å². The molecule has 0 spiro atoms. The molecule has 1 heterocycles. The number of carbonyl (C=O) groups excluding carboxylic acids is 1. The molecular weight excluding hydrogens is 182 g/mol. The van der Waals surface area contributed by atoms with Gasteiger partial charge in [0.15, 0.2) is 0 Å². The fourth-order valence-corrected chi connectivity index (χ4v) is 1.69. The second kappa shape index (κ2) is 5.32. The summed E-state index contributed by atoms with van der Waals surface area (Å²) in [5, 5.41) is 11.9. The number of ether oxygens (including phenoxy) is 1. The molecule has 0 bridgehead atoms. The SMILES string of the molecule is CC(O)CC(C)NC(=O)[C@H]1CCCO1. The Bertz CT molecular complexity index is 188. The van der Waals surface area contributed by atoms with E-state index in [2.05, 4.69) is 5.32 Å². The zero-order chi connectivity index (χ0) is 10.6. The van der Waals surface area contributed by atoms with E-state index in [0.717, 1.165) is 12.8 Å². The third-order valence-electron chi connectivity index (χ3n) is 2.31. The topological polar surface area (TPSA) is 58.6 Å². The van der Waals surface area contributed by atoms with E-state index in [1.165, 1.54) is 0 Å². The molecule has 4 heteroatoms. The lowest BCUT2D eigenvalue weighted by Gasteiger charge is -2.17. The fourth-order valence-electron chi connectivity index (χ4n) is 1.69. The van der Waals surface area contributed by atoms with Gasteiger partial charge in [0, 0.05) is 12.6 Å². The lowest BCUT2D eigenvalue weighted by Crippen LogP contribution is -2.40. The molecular formula is C10H19NO3. The first-order chi connectivity index (χ1) is 6.59. The molecule has 1 saturated heterocycles. The Morgan fingerprint density at radius 2 is 2.36 bits per heavy atom.